The maximum absolute atomic E-state index is 13.8. The SMILES string of the molecule is O=c1c(CN2CC[C@H](c3cccc(F)c3)Sc3ccccc32)coc2ccccc12. The van der Waals surface area contributed by atoms with Gasteiger partial charge in [0.2, 0.25) is 0 Å². The highest BCUT2D eigenvalue weighted by molar-refractivity contribution is 7.99. The third kappa shape index (κ3) is 3.61. The van der Waals surface area contributed by atoms with Gasteiger partial charge in [0, 0.05) is 23.2 Å². The molecule has 0 saturated heterocycles. The van der Waals surface area contributed by atoms with Gasteiger partial charge in [0.25, 0.3) is 0 Å². The number of thioether (sulfide) groups is 1. The van der Waals surface area contributed by atoms with Crippen LogP contribution in [-0.2, 0) is 6.54 Å². The molecular formula is C25H20FNO2S. The Kier molecular flexibility index (Phi) is 5.05. The Morgan fingerprint density at radius 1 is 1.03 bits per heavy atom. The third-order valence-corrected chi connectivity index (χ3v) is 6.86. The van der Waals surface area contributed by atoms with E-state index in [1.54, 1.807) is 36.2 Å². The average Bonchev–Trinajstić information content (AvgIpc) is 2.96. The number of rotatable bonds is 3. The highest BCUT2D eigenvalue weighted by Gasteiger charge is 2.24. The van der Waals surface area contributed by atoms with Crippen molar-refractivity contribution < 1.29 is 8.81 Å². The van der Waals surface area contributed by atoms with Crippen molar-refractivity contribution in [3.8, 4) is 0 Å². The minimum absolute atomic E-state index is 0.00733. The van der Waals surface area contributed by atoms with Crippen LogP contribution in [0, 0.1) is 5.82 Å². The fraction of sp³-hybridized carbons (Fsp3) is 0.160. The Bertz CT molecular complexity index is 1270. The lowest BCUT2D eigenvalue weighted by atomic mass is 10.1. The first kappa shape index (κ1) is 18.9. The van der Waals surface area contributed by atoms with Gasteiger partial charge in [-0.05, 0) is 48.4 Å². The summed E-state index contributed by atoms with van der Waals surface area (Å²) in [7, 11) is 0. The fourth-order valence-electron chi connectivity index (χ4n) is 3.96. The lowest BCUT2D eigenvalue weighted by Crippen LogP contribution is -2.27. The first-order valence-electron chi connectivity index (χ1n) is 9.94. The fourth-order valence-corrected chi connectivity index (χ4v) is 5.25. The Balaban J connectivity index is 1.49. The molecule has 0 aliphatic carbocycles. The maximum atomic E-state index is 13.8. The summed E-state index contributed by atoms with van der Waals surface area (Å²) in [6.45, 7) is 1.23. The first-order chi connectivity index (χ1) is 14.7. The van der Waals surface area contributed by atoms with Crippen LogP contribution in [0.15, 0.2) is 93.2 Å². The van der Waals surface area contributed by atoms with Crippen LogP contribution in [0.4, 0.5) is 10.1 Å². The Morgan fingerprint density at radius 3 is 2.77 bits per heavy atom. The summed E-state index contributed by atoms with van der Waals surface area (Å²) in [6, 6.07) is 22.4. The summed E-state index contributed by atoms with van der Waals surface area (Å²) in [5.74, 6) is -0.212. The minimum Gasteiger partial charge on any atom is -0.464 e. The van der Waals surface area contributed by atoms with E-state index in [1.165, 1.54) is 6.07 Å². The molecule has 0 unspecified atom stereocenters. The van der Waals surface area contributed by atoms with Gasteiger partial charge in [0.05, 0.1) is 22.9 Å². The zero-order valence-electron chi connectivity index (χ0n) is 16.3. The molecule has 0 amide bonds. The monoisotopic (exact) mass is 417 g/mol. The van der Waals surface area contributed by atoms with Crippen LogP contribution in [0.25, 0.3) is 11.0 Å². The van der Waals surface area contributed by atoms with Crippen molar-refractivity contribution in [2.75, 3.05) is 11.4 Å². The predicted molar refractivity (Wildman–Crippen MR) is 120 cm³/mol. The van der Waals surface area contributed by atoms with Crippen molar-refractivity contribution in [3.63, 3.8) is 0 Å². The minimum atomic E-state index is -0.212. The highest BCUT2D eigenvalue weighted by Crippen LogP contribution is 2.45. The van der Waals surface area contributed by atoms with E-state index >= 15 is 0 Å². The second kappa shape index (κ2) is 8.00. The van der Waals surface area contributed by atoms with E-state index in [-0.39, 0.29) is 16.5 Å². The largest absolute Gasteiger partial charge is 0.464 e. The van der Waals surface area contributed by atoms with Gasteiger partial charge < -0.3 is 9.32 Å². The van der Waals surface area contributed by atoms with Crippen LogP contribution in [-0.4, -0.2) is 6.54 Å². The molecule has 0 radical (unpaired) electrons. The number of hydrogen-bond donors (Lipinski definition) is 0. The number of halogens is 1. The van der Waals surface area contributed by atoms with Gasteiger partial charge in [-0.1, -0.05) is 36.4 Å². The van der Waals surface area contributed by atoms with Gasteiger partial charge in [0.1, 0.15) is 11.4 Å². The molecule has 1 aliphatic heterocycles. The van der Waals surface area contributed by atoms with Gasteiger partial charge in [-0.25, -0.2) is 4.39 Å². The smallest absolute Gasteiger partial charge is 0.197 e. The van der Waals surface area contributed by atoms with E-state index in [2.05, 4.69) is 17.0 Å². The average molecular weight is 418 g/mol. The quantitative estimate of drug-likeness (QED) is 0.399. The van der Waals surface area contributed by atoms with Gasteiger partial charge in [-0.3, -0.25) is 4.79 Å². The molecule has 3 nitrogen and oxygen atoms in total. The van der Waals surface area contributed by atoms with E-state index in [0.717, 1.165) is 29.1 Å². The summed E-state index contributed by atoms with van der Waals surface area (Å²) >= 11 is 1.75. The molecule has 5 rings (SSSR count). The summed E-state index contributed by atoms with van der Waals surface area (Å²) < 4.78 is 19.5. The molecule has 150 valence electrons. The van der Waals surface area contributed by atoms with Gasteiger partial charge in [-0.15, -0.1) is 11.8 Å². The lowest BCUT2D eigenvalue weighted by molar-refractivity contribution is 0.588. The molecule has 0 spiro atoms. The van der Waals surface area contributed by atoms with E-state index in [4.69, 9.17) is 4.42 Å². The molecule has 0 N–H and O–H groups in total. The lowest BCUT2D eigenvalue weighted by Gasteiger charge is -2.24. The zero-order valence-corrected chi connectivity index (χ0v) is 17.1. The number of fused-ring (bicyclic) bond motifs is 2. The molecule has 1 aliphatic rings. The van der Waals surface area contributed by atoms with Crippen LogP contribution >= 0.6 is 11.8 Å². The molecular weight excluding hydrogens is 397 g/mol. The summed E-state index contributed by atoms with van der Waals surface area (Å²) in [4.78, 5) is 16.3. The molecule has 0 saturated carbocycles. The summed E-state index contributed by atoms with van der Waals surface area (Å²) in [5, 5.41) is 0.755. The number of nitrogens with zero attached hydrogens (tertiary/aromatic N) is 1. The maximum Gasteiger partial charge on any atom is 0.197 e. The van der Waals surface area contributed by atoms with Crippen LogP contribution in [0.5, 0.6) is 0 Å². The topological polar surface area (TPSA) is 33.5 Å². The molecule has 0 bridgehead atoms. The van der Waals surface area contributed by atoms with Crippen LogP contribution in [0.1, 0.15) is 22.8 Å². The van der Waals surface area contributed by atoms with Crippen molar-refractivity contribution in [3.05, 3.63) is 106 Å². The molecule has 30 heavy (non-hydrogen) atoms. The van der Waals surface area contributed by atoms with Crippen LogP contribution < -0.4 is 10.3 Å². The first-order valence-corrected chi connectivity index (χ1v) is 10.8. The molecule has 4 aromatic rings. The molecule has 1 atom stereocenters. The summed E-state index contributed by atoms with van der Waals surface area (Å²) in [5.41, 5.74) is 3.32. The van der Waals surface area contributed by atoms with Gasteiger partial charge in [0.15, 0.2) is 5.43 Å². The van der Waals surface area contributed by atoms with E-state index in [0.29, 0.717) is 23.1 Å². The number of benzene rings is 3. The second-order valence-corrected chi connectivity index (χ2v) is 8.67. The summed E-state index contributed by atoms with van der Waals surface area (Å²) in [6.07, 6.45) is 2.43. The van der Waals surface area contributed by atoms with Gasteiger partial charge in [-0.2, -0.15) is 0 Å². The van der Waals surface area contributed by atoms with E-state index in [9.17, 15) is 9.18 Å². The normalized spacial score (nSPS) is 16.3. The van der Waals surface area contributed by atoms with Crippen LogP contribution in [0.3, 0.4) is 0 Å². The Hall–Kier alpha value is -3.05. The molecule has 1 aromatic heterocycles. The standard InChI is InChI=1S/C25H20FNO2S/c26-19-7-5-6-17(14-19)23-12-13-27(21-9-2-4-11-24(21)30-23)15-18-16-29-22-10-3-1-8-20(22)25(18)28/h1-11,14,16,23H,12-13,15H2/t23-/m1/s1. The molecule has 2 heterocycles. The van der Waals surface area contributed by atoms with Crippen molar-refractivity contribution in [2.45, 2.75) is 23.1 Å². The predicted octanol–water partition coefficient (Wildman–Crippen LogP) is 6.18. The molecule has 3 aromatic carbocycles. The number of anilines is 1. The number of hydrogen-bond acceptors (Lipinski definition) is 4. The van der Waals surface area contributed by atoms with Crippen molar-refractivity contribution in [1.29, 1.82) is 0 Å². The Labute approximate surface area is 178 Å². The van der Waals surface area contributed by atoms with E-state index < -0.39 is 0 Å². The van der Waals surface area contributed by atoms with Crippen molar-refractivity contribution in [1.82, 2.24) is 0 Å². The third-order valence-electron chi connectivity index (χ3n) is 5.47. The second-order valence-electron chi connectivity index (χ2n) is 7.43. The van der Waals surface area contributed by atoms with Gasteiger partial charge >= 0.3 is 0 Å². The molecule has 5 heteroatoms. The van der Waals surface area contributed by atoms with Crippen molar-refractivity contribution >= 4 is 28.4 Å². The number of para-hydroxylation sites is 2. The highest BCUT2D eigenvalue weighted by atomic mass is 32.2. The van der Waals surface area contributed by atoms with E-state index in [1.807, 2.05) is 36.4 Å². The Morgan fingerprint density at radius 2 is 1.87 bits per heavy atom. The molecule has 0 fully saturated rings. The van der Waals surface area contributed by atoms with Crippen molar-refractivity contribution in [2.24, 2.45) is 0 Å². The van der Waals surface area contributed by atoms with Crippen LogP contribution in [0.2, 0.25) is 0 Å². The zero-order chi connectivity index (χ0) is 20.5.